The first kappa shape index (κ1) is 12.2. The van der Waals surface area contributed by atoms with Crippen molar-refractivity contribution in [1.82, 2.24) is 35.5 Å². The molecule has 0 saturated heterocycles. The Morgan fingerprint density at radius 2 is 2.30 bits per heavy atom. The number of tetrazole rings is 1. The van der Waals surface area contributed by atoms with Gasteiger partial charge in [0.25, 0.3) is 5.91 Å². The highest BCUT2D eigenvalue weighted by Gasteiger charge is 2.17. The minimum absolute atomic E-state index is 0.272. The number of rotatable bonds is 3. The largest absolute Gasteiger partial charge is 0.340 e. The fourth-order valence-electron chi connectivity index (χ4n) is 1.71. The number of carbonyl (C=O) groups is 1. The Balaban J connectivity index is 1.78. The molecule has 0 fully saturated rings. The third-order valence-corrected chi connectivity index (χ3v) is 2.72. The summed E-state index contributed by atoms with van der Waals surface area (Å²) >= 11 is 0. The molecule has 9 nitrogen and oxygen atoms in total. The summed E-state index contributed by atoms with van der Waals surface area (Å²) in [6.07, 6.45) is 1.55. The second-order valence-electron chi connectivity index (χ2n) is 4.27. The van der Waals surface area contributed by atoms with E-state index in [9.17, 15) is 4.79 Å². The van der Waals surface area contributed by atoms with Gasteiger partial charge in [-0.15, -0.1) is 5.10 Å². The third-order valence-electron chi connectivity index (χ3n) is 2.72. The van der Waals surface area contributed by atoms with Crippen molar-refractivity contribution in [2.24, 2.45) is 0 Å². The van der Waals surface area contributed by atoms with E-state index in [4.69, 9.17) is 4.52 Å². The van der Waals surface area contributed by atoms with E-state index in [0.717, 1.165) is 0 Å². The van der Waals surface area contributed by atoms with Crippen LogP contribution in [0.15, 0.2) is 22.9 Å². The van der Waals surface area contributed by atoms with Gasteiger partial charge in [0.2, 0.25) is 5.89 Å². The number of nitrogens with zero attached hydrogens (tertiary/aromatic N) is 6. The summed E-state index contributed by atoms with van der Waals surface area (Å²) in [7, 11) is 0. The van der Waals surface area contributed by atoms with Crippen LogP contribution in [0.2, 0.25) is 0 Å². The van der Waals surface area contributed by atoms with Crippen LogP contribution in [0, 0.1) is 6.92 Å². The molecule has 3 aromatic rings. The molecule has 3 aromatic heterocycles. The van der Waals surface area contributed by atoms with Crippen LogP contribution >= 0.6 is 0 Å². The minimum atomic E-state index is -0.381. The molecular formula is C11H11N7O2. The van der Waals surface area contributed by atoms with Gasteiger partial charge in [0.1, 0.15) is 6.04 Å². The second kappa shape index (κ2) is 4.68. The Morgan fingerprint density at radius 1 is 1.45 bits per heavy atom. The molecule has 1 amide bonds. The Bertz CT molecular complexity index is 763. The van der Waals surface area contributed by atoms with E-state index in [0.29, 0.717) is 22.9 Å². The van der Waals surface area contributed by atoms with Crippen LogP contribution in [0.5, 0.6) is 0 Å². The van der Waals surface area contributed by atoms with Gasteiger partial charge in [0, 0.05) is 6.20 Å². The first-order chi connectivity index (χ1) is 9.63. The van der Waals surface area contributed by atoms with Crippen molar-refractivity contribution in [1.29, 1.82) is 0 Å². The van der Waals surface area contributed by atoms with Gasteiger partial charge in [-0.2, -0.15) is 9.50 Å². The lowest BCUT2D eigenvalue weighted by Crippen LogP contribution is -2.27. The quantitative estimate of drug-likeness (QED) is 0.730. The Kier molecular flexibility index (Phi) is 2.86. The van der Waals surface area contributed by atoms with Crippen molar-refractivity contribution < 1.29 is 9.32 Å². The highest BCUT2D eigenvalue weighted by molar-refractivity contribution is 5.94. The van der Waals surface area contributed by atoms with Gasteiger partial charge < -0.3 is 9.84 Å². The van der Waals surface area contributed by atoms with E-state index in [2.05, 4.69) is 31.0 Å². The highest BCUT2D eigenvalue weighted by Crippen LogP contribution is 2.11. The van der Waals surface area contributed by atoms with Crippen LogP contribution in [0.3, 0.4) is 0 Å². The van der Waals surface area contributed by atoms with Crippen molar-refractivity contribution >= 4 is 11.6 Å². The van der Waals surface area contributed by atoms with E-state index in [-0.39, 0.29) is 11.9 Å². The predicted octanol–water partition coefficient (Wildman–Crippen LogP) is 0.307. The molecule has 0 saturated carbocycles. The zero-order chi connectivity index (χ0) is 14.1. The molecule has 0 spiro atoms. The average Bonchev–Trinajstić information content (AvgIpc) is 3.05. The van der Waals surface area contributed by atoms with Gasteiger partial charge in [0.15, 0.2) is 11.5 Å². The number of hydrogen-bond donors (Lipinski definition) is 1. The summed E-state index contributed by atoms with van der Waals surface area (Å²) in [5, 5.41) is 17.5. The van der Waals surface area contributed by atoms with E-state index >= 15 is 0 Å². The first-order valence-electron chi connectivity index (χ1n) is 5.92. The monoisotopic (exact) mass is 273 g/mol. The number of aryl methyl sites for hydroxylation is 1. The molecular weight excluding hydrogens is 262 g/mol. The molecule has 0 aliphatic heterocycles. The third kappa shape index (κ3) is 2.20. The fourth-order valence-corrected chi connectivity index (χ4v) is 1.71. The molecule has 0 aromatic carbocycles. The van der Waals surface area contributed by atoms with Crippen molar-refractivity contribution in [3.63, 3.8) is 0 Å². The van der Waals surface area contributed by atoms with Gasteiger partial charge in [-0.3, -0.25) is 4.79 Å². The average molecular weight is 273 g/mol. The number of aromatic nitrogens is 6. The zero-order valence-electron chi connectivity index (χ0n) is 10.8. The van der Waals surface area contributed by atoms with Gasteiger partial charge >= 0.3 is 0 Å². The van der Waals surface area contributed by atoms with Crippen LogP contribution < -0.4 is 5.32 Å². The normalized spacial score (nSPS) is 12.5. The number of pyridine rings is 1. The Labute approximate surface area is 113 Å². The van der Waals surface area contributed by atoms with E-state index in [1.165, 1.54) is 4.52 Å². The predicted molar refractivity (Wildman–Crippen MR) is 65.7 cm³/mol. The Morgan fingerprint density at radius 3 is 3.05 bits per heavy atom. The topological polar surface area (TPSA) is 111 Å². The van der Waals surface area contributed by atoms with Crippen molar-refractivity contribution in [2.45, 2.75) is 19.9 Å². The molecule has 102 valence electrons. The van der Waals surface area contributed by atoms with Gasteiger partial charge in [-0.1, -0.05) is 5.16 Å². The number of carbonyl (C=O) groups excluding carboxylic acids is 1. The summed E-state index contributed by atoms with van der Waals surface area (Å²) in [5.41, 5.74) is 1.01. The maximum atomic E-state index is 12.1. The molecule has 0 radical (unpaired) electrons. The van der Waals surface area contributed by atoms with Crippen LogP contribution in [0.1, 0.15) is 35.0 Å². The molecule has 1 N–H and O–H groups in total. The molecule has 0 bridgehead atoms. The summed E-state index contributed by atoms with van der Waals surface area (Å²) in [6.45, 7) is 3.48. The molecule has 0 aliphatic rings. The zero-order valence-corrected chi connectivity index (χ0v) is 10.8. The van der Waals surface area contributed by atoms with E-state index in [1.807, 2.05) is 0 Å². The van der Waals surface area contributed by atoms with Crippen molar-refractivity contribution in [2.75, 3.05) is 0 Å². The molecule has 20 heavy (non-hydrogen) atoms. The first-order valence-corrected chi connectivity index (χ1v) is 5.92. The van der Waals surface area contributed by atoms with Crippen LogP contribution in [0.4, 0.5) is 0 Å². The van der Waals surface area contributed by atoms with Crippen molar-refractivity contribution in [3.05, 3.63) is 35.6 Å². The summed E-state index contributed by atoms with van der Waals surface area (Å²) in [4.78, 5) is 16.2. The maximum absolute atomic E-state index is 12.1. The number of nitrogens with one attached hydrogen (secondary N) is 1. The smallest absolute Gasteiger partial charge is 0.253 e. The van der Waals surface area contributed by atoms with Gasteiger partial charge in [-0.25, -0.2) is 0 Å². The molecule has 3 rings (SSSR count). The van der Waals surface area contributed by atoms with Crippen molar-refractivity contribution in [3.8, 4) is 0 Å². The lowest BCUT2D eigenvalue weighted by atomic mass is 10.2. The van der Waals surface area contributed by atoms with Gasteiger partial charge in [0.05, 0.1) is 5.56 Å². The maximum Gasteiger partial charge on any atom is 0.253 e. The van der Waals surface area contributed by atoms with Crippen LogP contribution in [0.25, 0.3) is 5.65 Å². The molecule has 9 heteroatoms. The van der Waals surface area contributed by atoms with E-state index < -0.39 is 0 Å². The number of amides is 1. The second-order valence-corrected chi connectivity index (χ2v) is 4.27. The summed E-state index contributed by atoms with van der Waals surface area (Å²) in [5.74, 6) is 0.612. The number of fused-ring (bicyclic) bond motifs is 1. The summed E-state index contributed by atoms with van der Waals surface area (Å²) < 4.78 is 6.43. The molecule has 0 aliphatic carbocycles. The minimum Gasteiger partial charge on any atom is -0.340 e. The lowest BCUT2D eigenvalue weighted by Gasteiger charge is -2.09. The molecule has 1 atom stereocenters. The van der Waals surface area contributed by atoms with E-state index in [1.54, 1.807) is 32.2 Å². The standard InChI is InChI=1S/C11H11N7O2/c1-6(11-13-7(2)15-20-11)12-10(19)8-3-4-9-14-16-17-18(9)5-8/h3-6H,1-2H3,(H,12,19)/t6-/m0/s1. The van der Waals surface area contributed by atoms with Crippen LogP contribution in [-0.4, -0.2) is 36.1 Å². The molecule has 0 unspecified atom stereocenters. The fraction of sp³-hybridized carbons (Fsp3) is 0.273. The number of hydrogen-bond acceptors (Lipinski definition) is 7. The van der Waals surface area contributed by atoms with Crippen LogP contribution in [-0.2, 0) is 0 Å². The highest BCUT2D eigenvalue weighted by atomic mass is 16.5. The molecule has 3 heterocycles. The summed E-state index contributed by atoms with van der Waals surface area (Å²) in [6, 6.07) is 2.93. The Hall–Kier alpha value is -2.84. The SMILES string of the molecule is Cc1noc([C@H](C)NC(=O)c2ccc3nnnn3c2)n1. The van der Waals surface area contributed by atoms with Gasteiger partial charge in [-0.05, 0) is 36.4 Å². The lowest BCUT2D eigenvalue weighted by molar-refractivity contribution is 0.0932.